The second kappa shape index (κ2) is 5.71. The van der Waals surface area contributed by atoms with Crippen molar-refractivity contribution in [3.63, 3.8) is 0 Å². The fourth-order valence-electron chi connectivity index (χ4n) is 3.94. The number of halogens is 1. The van der Waals surface area contributed by atoms with Crippen molar-refractivity contribution in [3.8, 4) is 5.82 Å². The first kappa shape index (κ1) is 16.1. The quantitative estimate of drug-likeness (QED) is 0.539. The van der Waals surface area contributed by atoms with E-state index in [2.05, 4.69) is 15.3 Å². The van der Waals surface area contributed by atoms with Crippen LogP contribution in [0.15, 0.2) is 35.5 Å². The topological polar surface area (TPSA) is 79.2 Å². The minimum absolute atomic E-state index is 0.0353. The normalized spacial score (nSPS) is 20.1. The van der Waals surface area contributed by atoms with Crippen molar-refractivity contribution in [2.45, 2.75) is 25.4 Å². The monoisotopic (exact) mass is 368 g/mol. The number of hydrogen-bond acceptors (Lipinski definition) is 5. The van der Waals surface area contributed by atoms with Crippen LogP contribution in [-0.4, -0.2) is 41.7 Å². The van der Waals surface area contributed by atoms with Crippen molar-refractivity contribution in [1.29, 1.82) is 0 Å². The van der Waals surface area contributed by atoms with Gasteiger partial charge in [-0.3, -0.25) is 13.8 Å². The Morgan fingerprint density at radius 3 is 2.96 bits per heavy atom. The van der Waals surface area contributed by atoms with Gasteiger partial charge in [-0.05, 0) is 25.5 Å². The highest BCUT2D eigenvalue weighted by atomic mass is 19.1. The number of rotatable bonds is 2. The number of nitrogens with zero attached hydrogens (tertiary/aromatic N) is 6. The van der Waals surface area contributed by atoms with Gasteiger partial charge >= 0.3 is 0 Å². The number of aryl methyl sites for hydroxylation is 1. The minimum Gasteiger partial charge on any atom is -0.378 e. The van der Waals surface area contributed by atoms with E-state index in [1.54, 1.807) is 40.8 Å². The molecule has 0 N–H and O–H groups in total. The molecule has 1 saturated heterocycles. The van der Waals surface area contributed by atoms with E-state index in [4.69, 9.17) is 4.74 Å². The highest BCUT2D eigenvalue weighted by Gasteiger charge is 2.30. The lowest BCUT2D eigenvalue weighted by Gasteiger charge is -2.15. The summed E-state index contributed by atoms with van der Waals surface area (Å²) in [6.45, 7) is 2.70. The minimum atomic E-state index is -0.552. The van der Waals surface area contributed by atoms with Gasteiger partial charge in [-0.25, -0.2) is 9.37 Å². The number of aromatic nitrogens is 6. The van der Waals surface area contributed by atoms with E-state index < -0.39 is 11.4 Å². The van der Waals surface area contributed by atoms with Gasteiger partial charge in [0.2, 0.25) is 0 Å². The molecule has 0 radical (unpaired) electrons. The van der Waals surface area contributed by atoms with Crippen LogP contribution in [0, 0.1) is 5.82 Å². The van der Waals surface area contributed by atoms with Crippen LogP contribution < -0.4 is 5.56 Å². The molecule has 2 unspecified atom stereocenters. The summed E-state index contributed by atoms with van der Waals surface area (Å²) in [5.74, 6) is 0.0719. The molecular weight excluding hydrogens is 351 g/mol. The molecule has 0 amide bonds. The van der Waals surface area contributed by atoms with Gasteiger partial charge in [-0.2, -0.15) is 4.68 Å². The SMILES string of the molecule is CC1OCCC1c1cnnn1-c1ncn2c3cccc(F)c3c(=O)n(C)c12. The Kier molecular flexibility index (Phi) is 3.41. The molecule has 8 nitrogen and oxygen atoms in total. The Bertz CT molecular complexity index is 1240. The van der Waals surface area contributed by atoms with E-state index in [0.29, 0.717) is 23.6 Å². The van der Waals surface area contributed by atoms with Crippen molar-refractivity contribution in [2.24, 2.45) is 7.05 Å². The van der Waals surface area contributed by atoms with Crippen LogP contribution in [0.1, 0.15) is 25.0 Å². The molecule has 1 aliphatic heterocycles. The predicted molar refractivity (Wildman–Crippen MR) is 95.6 cm³/mol. The Balaban J connectivity index is 1.81. The van der Waals surface area contributed by atoms with Crippen LogP contribution in [-0.2, 0) is 11.8 Å². The molecule has 138 valence electrons. The summed E-state index contributed by atoms with van der Waals surface area (Å²) in [6.07, 6.45) is 4.20. The zero-order valence-electron chi connectivity index (χ0n) is 14.8. The van der Waals surface area contributed by atoms with E-state index in [1.807, 2.05) is 6.92 Å². The Morgan fingerprint density at radius 1 is 1.33 bits per heavy atom. The fraction of sp³-hybridized carbons (Fsp3) is 0.333. The molecule has 0 spiro atoms. The van der Waals surface area contributed by atoms with Crippen LogP contribution >= 0.6 is 0 Å². The lowest BCUT2D eigenvalue weighted by Crippen LogP contribution is -2.22. The molecule has 3 aromatic heterocycles. The average Bonchev–Trinajstić information content (AvgIpc) is 3.37. The van der Waals surface area contributed by atoms with Gasteiger partial charge in [0.05, 0.1) is 28.9 Å². The molecule has 0 bridgehead atoms. The third-order valence-corrected chi connectivity index (χ3v) is 5.34. The maximum atomic E-state index is 14.3. The third kappa shape index (κ3) is 2.18. The molecular formula is C18H17FN6O2. The van der Waals surface area contributed by atoms with Crippen molar-refractivity contribution in [3.05, 3.63) is 52.6 Å². The maximum Gasteiger partial charge on any atom is 0.264 e. The van der Waals surface area contributed by atoms with Gasteiger partial charge in [-0.15, -0.1) is 5.10 Å². The molecule has 1 aliphatic rings. The molecule has 1 fully saturated rings. The highest BCUT2D eigenvalue weighted by Crippen LogP contribution is 2.32. The summed E-state index contributed by atoms with van der Waals surface area (Å²) < 4.78 is 24.7. The first-order valence-corrected chi connectivity index (χ1v) is 8.74. The van der Waals surface area contributed by atoms with E-state index in [9.17, 15) is 9.18 Å². The van der Waals surface area contributed by atoms with Gasteiger partial charge in [0, 0.05) is 19.6 Å². The molecule has 27 heavy (non-hydrogen) atoms. The summed E-state index contributed by atoms with van der Waals surface area (Å²) in [5.41, 5.74) is 1.45. The number of hydrogen-bond donors (Lipinski definition) is 0. The second-order valence-corrected chi connectivity index (χ2v) is 6.80. The number of benzene rings is 1. The number of imidazole rings is 1. The zero-order chi connectivity index (χ0) is 18.7. The molecule has 1 aromatic carbocycles. The lowest BCUT2D eigenvalue weighted by molar-refractivity contribution is 0.117. The molecule has 4 heterocycles. The van der Waals surface area contributed by atoms with Crippen LogP contribution in [0.3, 0.4) is 0 Å². The van der Waals surface area contributed by atoms with Crippen molar-refractivity contribution in [2.75, 3.05) is 6.61 Å². The first-order chi connectivity index (χ1) is 13.1. The molecule has 2 atom stereocenters. The average molecular weight is 368 g/mol. The van der Waals surface area contributed by atoms with Crippen molar-refractivity contribution >= 4 is 16.6 Å². The first-order valence-electron chi connectivity index (χ1n) is 8.74. The maximum absolute atomic E-state index is 14.3. The Morgan fingerprint density at radius 2 is 2.19 bits per heavy atom. The van der Waals surface area contributed by atoms with E-state index in [1.165, 1.54) is 10.6 Å². The fourth-order valence-corrected chi connectivity index (χ4v) is 3.94. The van der Waals surface area contributed by atoms with E-state index in [0.717, 1.165) is 12.1 Å². The standard InChI is InChI=1S/C18H17FN6O2/c1-10-11(6-7-27-10)14-8-21-22-25(14)16-17-23(2)18(26)15-12(19)4-3-5-13(15)24(17)9-20-16/h3-5,8-11H,6-7H2,1-2H3. The zero-order valence-corrected chi connectivity index (χ0v) is 14.8. The largest absolute Gasteiger partial charge is 0.378 e. The number of fused-ring (bicyclic) bond motifs is 3. The van der Waals surface area contributed by atoms with Crippen LogP contribution in [0.5, 0.6) is 0 Å². The Labute approximate surface area is 152 Å². The van der Waals surface area contributed by atoms with E-state index in [-0.39, 0.29) is 17.4 Å². The van der Waals surface area contributed by atoms with Gasteiger partial charge in [0.1, 0.15) is 12.1 Å². The molecule has 9 heteroatoms. The summed E-state index contributed by atoms with van der Waals surface area (Å²) in [4.78, 5) is 17.3. The molecule has 5 rings (SSSR count). The highest BCUT2D eigenvalue weighted by molar-refractivity contribution is 5.82. The molecule has 0 saturated carbocycles. The van der Waals surface area contributed by atoms with Gasteiger partial charge in [0.15, 0.2) is 11.5 Å². The van der Waals surface area contributed by atoms with Gasteiger partial charge in [0.25, 0.3) is 5.56 Å². The molecule has 4 aromatic rings. The van der Waals surface area contributed by atoms with Crippen LogP contribution in [0.2, 0.25) is 0 Å². The van der Waals surface area contributed by atoms with Crippen LogP contribution in [0.25, 0.3) is 22.4 Å². The van der Waals surface area contributed by atoms with Crippen LogP contribution in [0.4, 0.5) is 4.39 Å². The smallest absolute Gasteiger partial charge is 0.264 e. The predicted octanol–water partition coefficient (Wildman–Crippen LogP) is 1.80. The number of ether oxygens (including phenoxy) is 1. The van der Waals surface area contributed by atoms with Gasteiger partial charge < -0.3 is 4.74 Å². The van der Waals surface area contributed by atoms with E-state index >= 15 is 0 Å². The summed E-state index contributed by atoms with van der Waals surface area (Å²) >= 11 is 0. The summed E-state index contributed by atoms with van der Waals surface area (Å²) in [5, 5.41) is 8.29. The Hall–Kier alpha value is -3.07. The second-order valence-electron chi connectivity index (χ2n) is 6.80. The van der Waals surface area contributed by atoms with Crippen molar-refractivity contribution in [1.82, 2.24) is 28.9 Å². The molecule has 0 aliphatic carbocycles. The third-order valence-electron chi connectivity index (χ3n) is 5.34. The van der Waals surface area contributed by atoms with Crippen molar-refractivity contribution < 1.29 is 9.13 Å². The van der Waals surface area contributed by atoms with Gasteiger partial charge in [-0.1, -0.05) is 11.3 Å². The summed E-state index contributed by atoms with van der Waals surface area (Å²) in [7, 11) is 1.60. The summed E-state index contributed by atoms with van der Waals surface area (Å²) in [6, 6.07) is 4.56. The lowest BCUT2D eigenvalue weighted by atomic mass is 9.99.